The van der Waals surface area contributed by atoms with Crippen LogP contribution in [-0.2, 0) is 0 Å². The van der Waals surface area contributed by atoms with Crippen molar-refractivity contribution in [2.24, 2.45) is 0 Å². The molecule has 2 aliphatic rings. The molecule has 0 unspecified atom stereocenters. The van der Waals surface area contributed by atoms with Gasteiger partial charge in [-0.15, -0.1) is 0 Å². The number of fused-ring (bicyclic) bond motifs is 4. The first-order valence-corrected chi connectivity index (χ1v) is 5.13. The first-order valence-electron chi connectivity index (χ1n) is 5.13. The molecule has 1 saturated heterocycles. The molecule has 1 aromatic carbocycles. The Morgan fingerprint density at radius 3 is 3.19 bits per heavy atom. The minimum Gasteiger partial charge on any atom is -0.465 e. The molecule has 2 N–H and O–H groups in total. The third-order valence-electron chi connectivity index (χ3n) is 2.98. The molecule has 1 fully saturated rings. The molecule has 2 atom stereocenters. The molecule has 16 heavy (non-hydrogen) atoms. The molecule has 2 amide bonds. The Balaban J connectivity index is 2.14. The quantitative estimate of drug-likeness (QED) is 0.701. The van der Waals surface area contributed by atoms with E-state index in [4.69, 9.17) is 4.74 Å². The molecule has 2 aliphatic heterocycles. The number of nitrogens with one attached hydrogen (secondary N) is 2. The average Bonchev–Trinajstić information content (AvgIpc) is 2.18. The van der Waals surface area contributed by atoms with Gasteiger partial charge < -0.3 is 15.4 Å². The van der Waals surface area contributed by atoms with Crippen molar-refractivity contribution < 1.29 is 13.9 Å². The van der Waals surface area contributed by atoms with E-state index in [9.17, 15) is 9.18 Å². The van der Waals surface area contributed by atoms with Crippen LogP contribution < -0.4 is 15.4 Å². The predicted octanol–water partition coefficient (Wildman–Crippen LogP) is 1.68. The lowest BCUT2D eigenvalue weighted by atomic mass is 9.92. The highest BCUT2D eigenvalue weighted by Crippen LogP contribution is 2.41. The van der Waals surface area contributed by atoms with Crippen molar-refractivity contribution in [3.8, 4) is 5.75 Å². The van der Waals surface area contributed by atoms with E-state index in [0.29, 0.717) is 12.0 Å². The average molecular weight is 222 g/mol. The smallest absolute Gasteiger partial charge is 0.318 e. The van der Waals surface area contributed by atoms with Gasteiger partial charge in [-0.2, -0.15) is 0 Å². The fourth-order valence-corrected chi connectivity index (χ4v) is 2.31. The third kappa shape index (κ3) is 1.24. The number of halogens is 1. The van der Waals surface area contributed by atoms with E-state index in [1.165, 1.54) is 6.07 Å². The van der Waals surface area contributed by atoms with Gasteiger partial charge in [-0.25, -0.2) is 9.18 Å². The monoisotopic (exact) mass is 222 g/mol. The zero-order chi connectivity index (χ0) is 11.3. The molecule has 0 radical (unpaired) electrons. The Labute approximate surface area is 91.8 Å². The van der Waals surface area contributed by atoms with Crippen LogP contribution in [0.1, 0.15) is 24.9 Å². The summed E-state index contributed by atoms with van der Waals surface area (Å²) in [6.45, 7) is 1.74. The van der Waals surface area contributed by atoms with Crippen LogP contribution in [0, 0.1) is 5.82 Å². The van der Waals surface area contributed by atoms with Gasteiger partial charge in [0.1, 0.15) is 0 Å². The Kier molecular flexibility index (Phi) is 1.70. The van der Waals surface area contributed by atoms with Crippen molar-refractivity contribution in [1.82, 2.24) is 10.6 Å². The van der Waals surface area contributed by atoms with Crippen LogP contribution in [0.3, 0.4) is 0 Å². The number of hydrogen-bond acceptors (Lipinski definition) is 2. The van der Waals surface area contributed by atoms with E-state index in [1.54, 1.807) is 19.1 Å². The minimum atomic E-state index is -0.817. The molecule has 4 nitrogen and oxygen atoms in total. The number of rotatable bonds is 0. The Morgan fingerprint density at radius 2 is 2.38 bits per heavy atom. The van der Waals surface area contributed by atoms with Crippen LogP contribution in [0.2, 0.25) is 0 Å². The zero-order valence-corrected chi connectivity index (χ0v) is 8.71. The normalized spacial score (nSPS) is 30.9. The molecule has 2 bridgehead atoms. The van der Waals surface area contributed by atoms with E-state index >= 15 is 0 Å². The summed E-state index contributed by atoms with van der Waals surface area (Å²) in [5.41, 5.74) is -0.116. The van der Waals surface area contributed by atoms with Crippen LogP contribution in [-0.4, -0.2) is 11.8 Å². The lowest BCUT2D eigenvalue weighted by molar-refractivity contribution is 0.00807. The molecule has 0 aliphatic carbocycles. The highest BCUT2D eigenvalue weighted by atomic mass is 19.1. The number of ether oxygens (including phenoxy) is 1. The SMILES string of the molecule is C[C@@]12C[C@@H](NC(=O)N1)c1cccc(F)c1O2. The molecule has 3 rings (SSSR count). The molecule has 84 valence electrons. The number of carbonyl (C=O) groups excluding carboxylic acids is 1. The first-order chi connectivity index (χ1) is 7.57. The highest BCUT2D eigenvalue weighted by molar-refractivity contribution is 5.77. The van der Waals surface area contributed by atoms with Crippen molar-refractivity contribution in [3.05, 3.63) is 29.6 Å². The van der Waals surface area contributed by atoms with E-state index in [-0.39, 0.29) is 17.8 Å². The van der Waals surface area contributed by atoms with Crippen LogP contribution in [0.25, 0.3) is 0 Å². The fraction of sp³-hybridized carbons (Fsp3) is 0.364. The van der Waals surface area contributed by atoms with Crippen molar-refractivity contribution in [3.63, 3.8) is 0 Å². The molecule has 5 heteroatoms. The van der Waals surface area contributed by atoms with E-state index in [2.05, 4.69) is 10.6 Å². The van der Waals surface area contributed by atoms with Gasteiger partial charge in [0.15, 0.2) is 17.3 Å². The second-order valence-electron chi connectivity index (χ2n) is 4.35. The second kappa shape index (κ2) is 2.87. The number of benzene rings is 1. The maximum atomic E-state index is 13.6. The number of carbonyl (C=O) groups is 1. The molecule has 1 aromatic rings. The van der Waals surface area contributed by atoms with Crippen molar-refractivity contribution in [2.75, 3.05) is 0 Å². The highest BCUT2D eigenvalue weighted by Gasteiger charge is 2.44. The van der Waals surface area contributed by atoms with Crippen LogP contribution in [0.5, 0.6) is 5.75 Å². The van der Waals surface area contributed by atoms with E-state index in [0.717, 1.165) is 0 Å². The largest absolute Gasteiger partial charge is 0.465 e. The summed E-state index contributed by atoms with van der Waals surface area (Å²) in [6.07, 6.45) is 0.592. The first kappa shape index (κ1) is 9.45. The number of hydrogen-bond donors (Lipinski definition) is 2. The third-order valence-corrected chi connectivity index (χ3v) is 2.98. The number of para-hydroxylation sites is 1. The molecule has 0 spiro atoms. The topological polar surface area (TPSA) is 50.4 Å². The Bertz CT molecular complexity index is 477. The molecular formula is C11H11FN2O2. The predicted molar refractivity (Wildman–Crippen MR) is 54.5 cm³/mol. The second-order valence-corrected chi connectivity index (χ2v) is 4.35. The van der Waals surface area contributed by atoms with Gasteiger partial charge in [-0.05, 0) is 13.0 Å². The van der Waals surface area contributed by atoms with Crippen LogP contribution in [0.15, 0.2) is 18.2 Å². The summed E-state index contributed by atoms with van der Waals surface area (Å²) in [5.74, 6) is -0.167. The van der Waals surface area contributed by atoms with E-state index in [1.807, 2.05) is 0 Å². The van der Waals surface area contributed by atoms with Gasteiger partial charge in [0.05, 0.1) is 6.04 Å². The summed E-state index contributed by atoms with van der Waals surface area (Å²) >= 11 is 0. The van der Waals surface area contributed by atoms with Crippen LogP contribution >= 0.6 is 0 Å². The maximum Gasteiger partial charge on any atom is 0.318 e. The maximum absolute atomic E-state index is 13.6. The lowest BCUT2D eigenvalue weighted by Crippen LogP contribution is -2.62. The summed E-state index contributed by atoms with van der Waals surface area (Å²) in [4.78, 5) is 11.4. The van der Waals surface area contributed by atoms with Gasteiger partial charge >= 0.3 is 6.03 Å². The van der Waals surface area contributed by atoms with Crippen molar-refractivity contribution in [1.29, 1.82) is 0 Å². The molecule has 0 saturated carbocycles. The lowest BCUT2D eigenvalue weighted by Gasteiger charge is -2.44. The molecule has 0 aromatic heterocycles. The van der Waals surface area contributed by atoms with Crippen molar-refractivity contribution in [2.45, 2.75) is 25.1 Å². The summed E-state index contributed by atoms with van der Waals surface area (Å²) < 4.78 is 19.1. The van der Waals surface area contributed by atoms with Crippen molar-refractivity contribution >= 4 is 6.03 Å². The van der Waals surface area contributed by atoms with Crippen LogP contribution in [0.4, 0.5) is 9.18 Å². The standard InChI is InChI=1S/C11H11FN2O2/c1-11-5-8(13-10(15)14-11)6-3-2-4-7(12)9(6)16-11/h2-4,8H,5H2,1H3,(H2,13,14,15)/t8-,11-/m1/s1. The minimum absolute atomic E-state index is 0.182. The van der Waals surface area contributed by atoms with Gasteiger partial charge in [-0.1, -0.05) is 12.1 Å². The summed E-state index contributed by atoms with van der Waals surface area (Å²) in [5, 5.41) is 5.41. The van der Waals surface area contributed by atoms with Gasteiger partial charge in [-0.3, -0.25) is 0 Å². The Morgan fingerprint density at radius 1 is 1.56 bits per heavy atom. The summed E-state index contributed by atoms with van der Waals surface area (Å²) in [7, 11) is 0. The number of urea groups is 1. The van der Waals surface area contributed by atoms with Gasteiger partial charge in [0, 0.05) is 12.0 Å². The van der Waals surface area contributed by atoms with Gasteiger partial charge in [0.25, 0.3) is 0 Å². The van der Waals surface area contributed by atoms with E-state index < -0.39 is 11.5 Å². The van der Waals surface area contributed by atoms with Gasteiger partial charge in [0.2, 0.25) is 0 Å². The molecular weight excluding hydrogens is 211 g/mol. The summed E-state index contributed by atoms with van der Waals surface area (Å²) in [6, 6.07) is 4.28. The fourth-order valence-electron chi connectivity index (χ4n) is 2.31. The Hall–Kier alpha value is -1.78. The number of amides is 2. The zero-order valence-electron chi connectivity index (χ0n) is 8.71. The molecule has 2 heterocycles.